The van der Waals surface area contributed by atoms with Gasteiger partial charge < -0.3 is 33.8 Å². The Kier molecular flexibility index (Phi) is 76.0. The smallest absolute Gasteiger partial charge is 0.462 e. The zero-order chi connectivity index (χ0) is 80.3. The summed E-state index contributed by atoms with van der Waals surface area (Å²) in [5.74, 6) is -2.42. The Balaban J connectivity index is 5.53. The number of carbonyl (C=O) groups excluding carboxylic acids is 4. The zero-order valence-corrected chi connectivity index (χ0v) is 69.6. The summed E-state index contributed by atoms with van der Waals surface area (Å²) in [6.07, 6.45) is 101. The summed E-state index contributed by atoms with van der Waals surface area (Å²) in [6.45, 7) is 4.29. The van der Waals surface area contributed by atoms with Crippen LogP contribution in [0.4, 0.5) is 0 Å². The molecule has 620 valence electrons. The minimum Gasteiger partial charge on any atom is -0.462 e. The first-order chi connectivity index (χ1) is 53.7. The molecule has 0 heterocycles. The van der Waals surface area contributed by atoms with Gasteiger partial charge in [-0.15, -0.1) is 0 Å². The summed E-state index contributed by atoms with van der Waals surface area (Å²) in [5.41, 5.74) is 0. The van der Waals surface area contributed by atoms with E-state index in [4.69, 9.17) is 37.0 Å². The molecule has 0 aromatic heterocycles. The summed E-state index contributed by atoms with van der Waals surface area (Å²) in [6, 6.07) is 0. The van der Waals surface area contributed by atoms with E-state index in [9.17, 15) is 43.2 Å². The van der Waals surface area contributed by atoms with Gasteiger partial charge in [-0.25, -0.2) is 9.13 Å². The molecule has 0 aromatic rings. The van der Waals surface area contributed by atoms with Gasteiger partial charge >= 0.3 is 39.5 Å². The van der Waals surface area contributed by atoms with Crippen molar-refractivity contribution in [2.75, 3.05) is 39.6 Å². The molecule has 5 atom stereocenters. The zero-order valence-electron chi connectivity index (χ0n) is 67.8. The highest BCUT2D eigenvalue weighted by Gasteiger charge is 2.30. The first kappa shape index (κ1) is 104. The summed E-state index contributed by atoms with van der Waals surface area (Å²) in [5, 5.41) is 10.7. The number of carbonyl (C=O) groups is 4. The summed E-state index contributed by atoms with van der Waals surface area (Å²) in [7, 11) is -10.0. The van der Waals surface area contributed by atoms with E-state index in [1.165, 1.54) is 19.3 Å². The van der Waals surface area contributed by atoms with Crippen molar-refractivity contribution in [1.29, 1.82) is 0 Å². The maximum Gasteiger partial charge on any atom is 0.472 e. The summed E-state index contributed by atoms with van der Waals surface area (Å²) < 4.78 is 68.5. The SMILES string of the molecule is CC/C=C\C/C=C\C/C=C\C/C=C\C/C=C\CCCCCC(=O)OCC(COP(=O)(O)OCC(O)COP(=O)(O)OCC(COC(=O)CCCCCC/C=C\C/C=C\C/C=C\C/C=C\CC)OC(=O)C/C=C\C/C=C\C/C=C\C/C=C\C/C=C\CC)OC(=O)CCCCCCCC/C=C\C/C=C\C/C=C\CCCCC. The lowest BCUT2D eigenvalue weighted by atomic mass is 10.1. The van der Waals surface area contributed by atoms with E-state index in [1.807, 2.05) is 12.2 Å². The van der Waals surface area contributed by atoms with Gasteiger partial charge in [0.1, 0.15) is 19.3 Å². The van der Waals surface area contributed by atoms with Crippen molar-refractivity contribution < 1.29 is 80.2 Å². The van der Waals surface area contributed by atoms with Gasteiger partial charge in [0.2, 0.25) is 0 Å². The van der Waals surface area contributed by atoms with E-state index in [1.54, 1.807) is 12.2 Å². The van der Waals surface area contributed by atoms with E-state index in [-0.39, 0.29) is 25.7 Å². The third-order valence-electron chi connectivity index (χ3n) is 16.3. The monoisotopic (exact) mass is 1570 g/mol. The number of ether oxygens (including phenoxy) is 4. The highest BCUT2D eigenvalue weighted by Crippen LogP contribution is 2.45. The van der Waals surface area contributed by atoms with Crippen LogP contribution in [0.5, 0.6) is 0 Å². The summed E-state index contributed by atoms with van der Waals surface area (Å²) in [4.78, 5) is 73.1. The van der Waals surface area contributed by atoms with Crippen molar-refractivity contribution in [3.8, 4) is 0 Å². The molecule has 19 heteroatoms. The van der Waals surface area contributed by atoms with Crippen LogP contribution in [0.25, 0.3) is 0 Å². The Morgan fingerprint density at radius 2 is 0.509 bits per heavy atom. The van der Waals surface area contributed by atoms with Crippen LogP contribution in [0.3, 0.4) is 0 Å². The molecule has 0 bridgehead atoms. The fourth-order valence-corrected chi connectivity index (χ4v) is 11.7. The number of esters is 4. The lowest BCUT2D eigenvalue weighted by Gasteiger charge is -2.21. The third kappa shape index (κ3) is 79.7. The van der Waals surface area contributed by atoms with E-state index < -0.39 is 97.5 Å². The number of phosphoric acid groups is 2. The van der Waals surface area contributed by atoms with Crippen LogP contribution in [0.2, 0.25) is 0 Å². The van der Waals surface area contributed by atoms with Crippen molar-refractivity contribution in [3.05, 3.63) is 207 Å². The Hall–Kier alpha value is -6.36. The fraction of sp³-hybridized carbons (Fsp3) is 0.582. The lowest BCUT2D eigenvalue weighted by molar-refractivity contribution is -0.161. The highest BCUT2D eigenvalue weighted by molar-refractivity contribution is 7.47. The Labute approximate surface area is 665 Å². The number of allylic oxidation sites excluding steroid dienone is 33. The number of hydrogen-bond donors (Lipinski definition) is 3. The maximum absolute atomic E-state index is 13.1. The predicted octanol–water partition coefficient (Wildman–Crippen LogP) is 24.7. The second-order valence-electron chi connectivity index (χ2n) is 26.6. The Morgan fingerprint density at radius 3 is 0.818 bits per heavy atom. The van der Waals surface area contributed by atoms with E-state index in [0.717, 1.165) is 186 Å². The number of aliphatic hydroxyl groups excluding tert-OH is 1. The molecule has 17 nitrogen and oxygen atoms in total. The largest absolute Gasteiger partial charge is 0.472 e. The normalized spacial score (nSPS) is 14.9. The van der Waals surface area contributed by atoms with Gasteiger partial charge in [0.15, 0.2) is 12.2 Å². The second kappa shape index (κ2) is 80.7. The van der Waals surface area contributed by atoms with Gasteiger partial charge in [-0.2, -0.15) is 0 Å². The number of phosphoric ester groups is 2. The molecule has 0 aliphatic heterocycles. The minimum atomic E-state index is -5.02. The standard InChI is InChI=1S/C91H144O17P2/c1-5-9-13-17-21-25-29-33-37-40-42-45-49-52-56-60-64-68-72-76-89(94)102-82-87(108-91(96)78-74-70-66-62-58-54-50-46-43-41-38-34-30-26-22-18-14-10-6-2)84-106-110(99,100)104-80-85(92)79-103-109(97,98)105-83-86(107-90(95)77-73-69-65-61-57-53-47-36-32-28-24-20-16-12-8-4)81-101-88(93)75-71-67-63-59-55-51-48-44-39-35-31-27-23-19-15-11-7-3/h9,11-13,15-16,21-28,33-39,42-43,45-48,51-52,56-57,61,69,73,85-87,92H,5-8,10,14,17-20,29-32,40-41,44,49-50,53-55,58-60,62-68,70-72,74-84H2,1-4H3,(H,97,98)(H,99,100)/b13-9-,15-11-,16-12-,25-21-,26-22-,27-23-,28-24-,37-33-,38-34-,39-35-,45-42-,46-43-,47-36-,51-48-,56-52-,61-57-,73-69-. The van der Waals surface area contributed by atoms with E-state index in [2.05, 4.69) is 210 Å². The Morgan fingerprint density at radius 1 is 0.273 bits per heavy atom. The highest BCUT2D eigenvalue weighted by atomic mass is 31.2. The second-order valence-corrected chi connectivity index (χ2v) is 29.5. The van der Waals surface area contributed by atoms with Crippen molar-refractivity contribution in [1.82, 2.24) is 0 Å². The molecule has 0 rings (SSSR count). The Bertz CT molecular complexity index is 2900. The molecule has 0 amide bonds. The average molecular weight is 1570 g/mol. The van der Waals surface area contributed by atoms with E-state index in [0.29, 0.717) is 25.7 Å². The van der Waals surface area contributed by atoms with Crippen LogP contribution in [-0.4, -0.2) is 96.7 Å². The fourth-order valence-electron chi connectivity index (χ4n) is 10.1. The average Bonchev–Trinajstić information content (AvgIpc) is 0.900. The number of aliphatic hydroxyl groups is 1. The molecule has 3 N–H and O–H groups in total. The van der Waals surface area contributed by atoms with Crippen molar-refractivity contribution in [2.24, 2.45) is 0 Å². The molecule has 0 fully saturated rings. The molecule has 0 aliphatic rings. The van der Waals surface area contributed by atoms with Gasteiger partial charge in [0, 0.05) is 19.3 Å². The van der Waals surface area contributed by atoms with Crippen molar-refractivity contribution >= 4 is 39.5 Å². The van der Waals surface area contributed by atoms with Crippen LogP contribution >= 0.6 is 15.6 Å². The van der Waals surface area contributed by atoms with Crippen LogP contribution in [-0.2, 0) is 65.4 Å². The first-order valence-corrected chi connectivity index (χ1v) is 44.3. The van der Waals surface area contributed by atoms with Crippen LogP contribution in [0, 0.1) is 0 Å². The molecule has 0 saturated carbocycles. The quantitative estimate of drug-likeness (QED) is 0.0169. The van der Waals surface area contributed by atoms with Gasteiger partial charge in [-0.05, 0) is 173 Å². The first-order valence-electron chi connectivity index (χ1n) is 41.3. The predicted molar refractivity (Wildman–Crippen MR) is 454 cm³/mol. The van der Waals surface area contributed by atoms with Crippen molar-refractivity contribution in [3.63, 3.8) is 0 Å². The topological polar surface area (TPSA) is 237 Å². The van der Waals surface area contributed by atoms with E-state index >= 15 is 0 Å². The van der Waals surface area contributed by atoms with Crippen LogP contribution in [0.15, 0.2) is 207 Å². The van der Waals surface area contributed by atoms with Crippen molar-refractivity contribution in [2.45, 2.75) is 303 Å². The third-order valence-corrected chi connectivity index (χ3v) is 18.2. The number of unbranched alkanes of at least 4 members (excludes halogenated alkanes) is 16. The van der Waals surface area contributed by atoms with Gasteiger partial charge in [-0.3, -0.25) is 37.3 Å². The molecule has 0 radical (unpaired) electrons. The maximum atomic E-state index is 13.1. The molecule has 0 saturated heterocycles. The summed E-state index contributed by atoms with van der Waals surface area (Å²) >= 11 is 0. The van der Waals surface area contributed by atoms with Crippen LogP contribution in [0.1, 0.15) is 285 Å². The molecular weight excluding hydrogens is 1430 g/mol. The number of rotatable bonds is 75. The number of hydrogen-bond acceptors (Lipinski definition) is 15. The molecule has 0 spiro atoms. The minimum absolute atomic E-state index is 0.0610. The molecule has 5 unspecified atom stereocenters. The molecule has 0 aromatic carbocycles. The molecule has 0 aliphatic carbocycles. The molecule has 110 heavy (non-hydrogen) atoms. The van der Waals surface area contributed by atoms with Gasteiger partial charge in [-0.1, -0.05) is 292 Å². The van der Waals surface area contributed by atoms with Gasteiger partial charge in [0.05, 0.1) is 32.8 Å². The lowest BCUT2D eigenvalue weighted by Crippen LogP contribution is -2.30. The molecular formula is C91H144O17P2. The van der Waals surface area contributed by atoms with Gasteiger partial charge in [0.25, 0.3) is 0 Å². The van der Waals surface area contributed by atoms with Crippen LogP contribution < -0.4 is 0 Å².